The van der Waals surface area contributed by atoms with Gasteiger partial charge in [0, 0.05) is 18.6 Å². The molecule has 0 saturated carbocycles. The Morgan fingerprint density at radius 1 is 1.35 bits per heavy atom. The first-order chi connectivity index (χ1) is 9.06. The zero-order valence-electron chi connectivity index (χ0n) is 10.1. The van der Waals surface area contributed by atoms with Crippen LogP contribution in [0.1, 0.15) is 12.5 Å². The van der Waals surface area contributed by atoms with Crippen LogP contribution in [0.4, 0.5) is 13.2 Å². The van der Waals surface area contributed by atoms with Gasteiger partial charge in [-0.05, 0) is 12.1 Å². The van der Waals surface area contributed by atoms with Gasteiger partial charge in [0.2, 0.25) is 0 Å². The van der Waals surface area contributed by atoms with E-state index in [1.807, 2.05) is 0 Å². The molecule has 0 unspecified atom stereocenters. The van der Waals surface area contributed by atoms with Gasteiger partial charge in [-0.3, -0.25) is 4.79 Å². The lowest BCUT2D eigenvalue weighted by Gasteiger charge is -2.11. The number of carbonyl (C=O) groups excluding carboxylic acids is 1. The Morgan fingerprint density at radius 3 is 2.40 bits per heavy atom. The van der Waals surface area contributed by atoms with Crippen molar-refractivity contribution in [3.05, 3.63) is 30.3 Å². The smallest absolute Gasteiger partial charge is 0.426 e. The summed E-state index contributed by atoms with van der Waals surface area (Å²) >= 11 is 0. The lowest BCUT2D eigenvalue weighted by molar-refractivity contribution is -0.131. The first kappa shape index (κ1) is 16.0. The summed E-state index contributed by atoms with van der Waals surface area (Å²) in [6.45, 7) is 4.49. The molecule has 0 saturated heterocycles. The minimum Gasteiger partial charge on any atom is -0.426 e. The van der Waals surface area contributed by atoms with E-state index in [9.17, 15) is 26.4 Å². The molecule has 5 nitrogen and oxygen atoms in total. The number of benzene rings is 1. The van der Waals surface area contributed by atoms with Gasteiger partial charge < -0.3 is 8.92 Å². The molecular formula is C11H9F3O5S. The Morgan fingerprint density at radius 2 is 1.95 bits per heavy atom. The van der Waals surface area contributed by atoms with Gasteiger partial charge in [-0.15, -0.1) is 0 Å². The van der Waals surface area contributed by atoms with Crippen LogP contribution in [0.5, 0.6) is 11.5 Å². The van der Waals surface area contributed by atoms with E-state index >= 15 is 0 Å². The molecule has 0 N–H and O–H groups in total. The summed E-state index contributed by atoms with van der Waals surface area (Å²) in [6, 6.07) is 3.03. The van der Waals surface area contributed by atoms with Gasteiger partial charge in [-0.2, -0.15) is 21.6 Å². The molecule has 0 heterocycles. The largest absolute Gasteiger partial charge is 0.534 e. The molecule has 1 aromatic carbocycles. The second kappa shape index (κ2) is 5.53. The lowest BCUT2D eigenvalue weighted by atomic mass is 10.2. The summed E-state index contributed by atoms with van der Waals surface area (Å²) < 4.78 is 66.8. The second-order valence-corrected chi connectivity index (χ2v) is 5.02. The molecule has 0 aromatic heterocycles. The zero-order chi connectivity index (χ0) is 15.6. The Hall–Kier alpha value is -2.03. The third-order valence-electron chi connectivity index (χ3n) is 1.95. The standard InChI is InChI=1S/C11H9F3O5S/c1-3-8-4-5-9(6-10(8)18-7(2)15)19-20(16,17)11(12,13)14/h3-6H,1H2,2H3. The van der Waals surface area contributed by atoms with Crippen molar-refractivity contribution < 1.29 is 35.3 Å². The molecule has 0 aliphatic carbocycles. The van der Waals surface area contributed by atoms with Crippen LogP contribution in [0.15, 0.2) is 24.8 Å². The van der Waals surface area contributed by atoms with E-state index in [4.69, 9.17) is 4.74 Å². The number of alkyl halides is 3. The molecule has 0 aliphatic heterocycles. The molecule has 0 radical (unpaired) electrons. The maximum atomic E-state index is 12.2. The zero-order valence-corrected chi connectivity index (χ0v) is 10.9. The summed E-state index contributed by atoms with van der Waals surface area (Å²) in [4.78, 5) is 10.8. The Balaban J connectivity index is 3.16. The van der Waals surface area contributed by atoms with Gasteiger partial charge in [-0.25, -0.2) is 0 Å². The molecular weight excluding hydrogens is 301 g/mol. The number of rotatable bonds is 4. The highest BCUT2D eigenvalue weighted by atomic mass is 32.2. The highest BCUT2D eigenvalue weighted by Crippen LogP contribution is 2.31. The summed E-state index contributed by atoms with van der Waals surface area (Å²) in [5.41, 5.74) is -5.26. The van der Waals surface area contributed by atoms with E-state index in [2.05, 4.69) is 10.8 Å². The maximum Gasteiger partial charge on any atom is 0.534 e. The molecule has 9 heteroatoms. The number of halogens is 3. The van der Waals surface area contributed by atoms with E-state index < -0.39 is 27.3 Å². The second-order valence-electron chi connectivity index (χ2n) is 3.48. The van der Waals surface area contributed by atoms with Crippen LogP contribution in [-0.2, 0) is 14.9 Å². The number of esters is 1. The molecule has 0 atom stereocenters. The monoisotopic (exact) mass is 310 g/mol. The average Bonchev–Trinajstić information content (AvgIpc) is 2.26. The van der Waals surface area contributed by atoms with Gasteiger partial charge in [-0.1, -0.05) is 12.7 Å². The fraction of sp³-hybridized carbons (Fsp3) is 0.182. The quantitative estimate of drug-likeness (QED) is 0.370. The number of hydrogen-bond donors (Lipinski definition) is 0. The lowest BCUT2D eigenvalue weighted by Crippen LogP contribution is -2.28. The van der Waals surface area contributed by atoms with Crippen molar-refractivity contribution in [3.8, 4) is 11.5 Å². The number of carbonyl (C=O) groups is 1. The maximum absolute atomic E-state index is 12.2. The first-order valence-electron chi connectivity index (χ1n) is 5.02. The minimum absolute atomic E-state index is 0.164. The van der Waals surface area contributed by atoms with Gasteiger partial charge in [0.05, 0.1) is 0 Å². The Kier molecular flexibility index (Phi) is 4.43. The topological polar surface area (TPSA) is 69.7 Å². The van der Waals surface area contributed by atoms with Gasteiger partial charge in [0.25, 0.3) is 0 Å². The highest BCUT2D eigenvalue weighted by molar-refractivity contribution is 7.88. The van der Waals surface area contributed by atoms with Crippen molar-refractivity contribution in [2.75, 3.05) is 0 Å². The van der Waals surface area contributed by atoms with E-state index in [1.165, 1.54) is 12.1 Å². The predicted octanol–water partition coefficient (Wildman–Crippen LogP) is 2.48. The summed E-state index contributed by atoms with van der Waals surface area (Å²) in [6.07, 6.45) is 1.28. The Bertz CT molecular complexity index is 634. The predicted molar refractivity (Wildman–Crippen MR) is 63.4 cm³/mol. The summed E-state index contributed by atoms with van der Waals surface area (Å²) in [5, 5.41) is 0. The minimum atomic E-state index is -5.78. The third kappa shape index (κ3) is 3.73. The van der Waals surface area contributed by atoms with Crippen LogP contribution in [0.25, 0.3) is 6.08 Å². The molecule has 0 aliphatic rings. The van der Waals surface area contributed by atoms with Crippen molar-refractivity contribution in [1.82, 2.24) is 0 Å². The van der Waals surface area contributed by atoms with Crippen LogP contribution in [0.3, 0.4) is 0 Å². The summed E-state index contributed by atoms with van der Waals surface area (Å²) in [5.74, 6) is -1.53. The van der Waals surface area contributed by atoms with Crippen LogP contribution in [-0.4, -0.2) is 19.9 Å². The van der Waals surface area contributed by atoms with Crippen molar-refractivity contribution in [3.63, 3.8) is 0 Å². The van der Waals surface area contributed by atoms with E-state index in [-0.39, 0.29) is 11.3 Å². The average molecular weight is 310 g/mol. The molecule has 0 spiro atoms. The number of ether oxygens (including phenoxy) is 1. The van der Waals surface area contributed by atoms with Gasteiger partial charge in [0.1, 0.15) is 11.5 Å². The van der Waals surface area contributed by atoms with Crippen LogP contribution in [0, 0.1) is 0 Å². The molecule has 0 fully saturated rings. The van der Waals surface area contributed by atoms with Crippen molar-refractivity contribution in [2.45, 2.75) is 12.4 Å². The fourth-order valence-corrected chi connectivity index (χ4v) is 1.60. The summed E-state index contributed by atoms with van der Waals surface area (Å²) in [7, 11) is -5.78. The fourth-order valence-electron chi connectivity index (χ4n) is 1.15. The molecule has 110 valence electrons. The first-order valence-corrected chi connectivity index (χ1v) is 6.43. The normalized spacial score (nSPS) is 11.8. The number of hydrogen-bond acceptors (Lipinski definition) is 5. The van der Waals surface area contributed by atoms with Crippen LogP contribution in [0.2, 0.25) is 0 Å². The highest BCUT2D eigenvalue weighted by Gasteiger charge is 2.48. The molecule has 20 heavy (non-hydrogen) atoms. The third-order valence-corrected chi connectivity index (χ3v) is 2.93. The molecule has 1 rings (SSSR count). The van der Waals surface area contributed by atoms with Gasteiger partial charge in [0.15, 0.2) is 0 Å². The van der Waals surface area contributed by atoms with Gasteiger partial charge >= 0.3 is 21.6 Å². The van der Waals surface area contributed by atoms with E-state index in [0.29, 0.717) is 0 Å². The van der Waals surface area contributed by atoms with Crippen LogP contribution >= 0.6 is 0 Å². The van der Waals surface area contributed by atoms with Crippen molar-refractivity contribution >= 4 is 22.2 Å². The molecule has 0 amide bonds. The van der Waals surface area contributed by atoms with Crippen molar-refractivity contribution in [1.29, 1.82) is 0 Å². The molecule has 0 bridgehead atoms. The Labute approximate surface area is 112 Å². The van der Waals surface area contributed by atoms with E-state index in [1.54, 1.807) is 0 Å². The molecule has 1 aromatic rings. The van der Waals surface area contributed by atoms with E-state index in [0.717, 1.165) is 19.1 Å². The van der Waals surface area contributed by atoms with Crippen molar-refractivity contribution in [2.24, 2.45) is 0 Å². The van der Waals surface area contributed by atoms with Crippen LogP contribution < -0.4 is 8.92 Å². The SMILES string of the molecule is C=Cc1ccc(OS(=O)(=O)C(F)(F)F)cc1OC(C)=O.